The molecule has 1 N–H and O–H groups in total. The summed E-state index contributed by atoms with van der Waals surface area (Å²) in [6.07, 6.45) is 4.49. The number of nitrogens with one attached hydrogen (secondary N) is 1. The molecule has 0 unspecified atom stereocenters. The van der Waals surface area contributed by atoms with Crippen LogP contribution in [0.1, 0.15) is 24.0 Å². The molecule has 5 nitrogen and oxygen atoms in total. The molecule has 0 aliphatic heterocycles. The summed E-state index contributed by atoms with van der Waals surface area (Å²) >= 11 is 6.27. The number of hydrogen-bond acceptors (Lipinski definition) is 3. The van der Waals surface area contributed by atoms with E-state index in [0.717, 1.165) is 41.7 Å². The SMILES string of the molecule is CCc1nn(C)c(Cl)c1CN(C)Cc1ncc[nH]1. The number of H-pyrrole nitrogens is 1. The first-order valence-electron chi connectivity index (χ1n) is 5.98. The van der Waals surface area contributed by atoms with E-state index in [4.69, 9.17) is 11.6 Å². The predicted octanol–water partition coefficient (Wildman–Crippen LogP) is 1.99. The molecular formula is C12H18ClN5. The van der Waals surface area contributed by atoms with Crippen molar-refractivity contribution in [1.82, 2.24) is 24.6 Å². The zero-order chi connectivity index (χ0) is 13.1. The van der Waals surface area contributed by atoms with E-state index < -0.39 is 0 Å². The standard InChI is InChI=1S/C12H18ClN5/c1-4-10-9(12(13)18(3)16-10)7-17(2)8-11-14-5-6-15-11/h5-6H,4,7-8H2,1-3H3,(H,14,15). The molecule has 6 heteroatoms. The Morgan fingerprint density at radius 1 is 1.44 bits per heavy atom. The second-order valence-corrected chi connectivity index (χ2v) is 4.76. The maximum absolute atomic E-state index is 6.27. The van der Waals surface area contributed by atoms with Crippen LogP contribution in [0, 0.1) is 0 Å². The molecule has 2 heterocycles. The third kappa shape index (κ3) is 2.73. The van der Waals surface area contributed by atoms with E-state index in [0.29, 0.717) is 0 Å². The van der Waals surface area contributed by atoms with E-state index in [1.807, 2.05) is 20.3 Å². The van der Waals surface area contributed by atoms with Crippen molar-refractivity contribution in [2.75, 3.05) is 7.05 Å². The molecule has 0 spiro atoms. The van der Waals surface area contributed by atoms with E-state index in [-0.39, 0.29) is 0 Å². The molecule has 2 rings (SSSR count). The Labute approximate surface area is 112 Å². The summed E-state index contributed by atoms with van der Waals surface area (Å²) in [5, 5.41) is 5.13. The molecular weight excluding hydrogens is 250 g/mol. The Balaban J connectivity index is 2.09. The van der Waals surface area contributed by atoms with Gasteiger partial charge in [0.2, 0.25) is 0 Å². The van der Waals surface area contributed by atoms with Crippen molar-refractivity contribution in [2.24, 2.45) is 7.05 Å². The maximum Gasteiger partial charge on any atom is 0.131 e. The van der Waals surface area contributed by atoms with Crippen LogP contribution in [0.2, 0.25) is 5.15 Å². The van der Waals surface area contributed by atoms with Crippen molar-refractivity contribution in [2.45, 2.75) is 26.4 Å². The van der Waals surface area contributed by atoms with Crippen molar-refractivity contribution < 1.29 is 0 Å². The summed E-state index contributed by atoms with van der Waals surface area (Å²) in [6, 6.07) is 0. The molecule has 18 heavy (non-hydrogen) atoms. The topological polar surface area (TPSA) is 49.7 Å². The largest absolute Gasteiger partial charge is 0.348 e. The average Bonchev–Trinajstić information content (AvgIpc) is 2.92. The molecule has 0 saturated carbocycles. The number of aromatic amines is 1. The summed E-state index contributed by atoms with van der Waals surface area (Å²) in [4.78, 5) is 9.48. The Morgan fingerprint density at radius 2 is 2.22 bits per heavy atom. The first-order valence-corrected chi connectivity index (χ1v) is 6.36. The molecule has 0 saturated heterocycles. The minimum Gasteiger partial charge on any atom is -0.348 e. The number of aromatic nitrogens is 4. The molecule has 0 aromatic carbocycles. The van der Waals surface area contributed by atoms with Crippen molar-refractivity contribution >= 4 is 11.6 Å². The van der Waals surface area contributed by atoms with E-state index in [9.17, 15) is 0 Å². The zero-order valence-corrected chi connectivity index (χ0v) is 11.7. The van der Waals surface area contributed by atoms with Gasteiger partial charge in [0.15, 0.2) is 0 Å². The summed E-state index contributed by atoms with van der Waals surface area (Å²) in [5.74, 6) is 0.954. The predicted molar refractivity (Wildman–Crippen MR) is 71.4 cm³/mol. The fourth-order valence-corrected chi connectivity index (χ4v) is 2.21. The number of rotatable bonds is 5. The van der Waals surface area contributed by atoms with Gasteiger partial charge >= 0.3 is 0 Å². The summed E-state index contributed by atoms with van der Waals surface area (Å²) < 4.78 is 1.73. The molecule has 0 atom stereocenters. The minimum atomic E-state index is 0.721. The van der Waals surface area contributed by atoms with E-state index >= 15 is 0 Å². The van der Waals surface area contributed by atoms with E-state index in [2.05, 4.69) is 26.9 Å². The maximum atomic E-state index is 6.27. The summed E-state index contributed by atoms with van der Waals surface area (Å²) in [6.45, 7) is 3.63. The molecule has 2 aromatic rings. The highest BCUT2D eigenvalue weighted by Crippen LogP contribution is 2.21. The number of halogens is 1. The van der Waals surface area contributed by atoms with Crippen molar-refractivity contribution in [3.8, 4) is 0 Å². The Hall–Kier alpha value is -1.33. The number of imidazole rings is 1. The van der Waals surface area contributed by atoms with Crippen molar-refractivity contribution in [3.05, 3.63) is 34.6 Å². The van der Waals surface area contributed by atoms with Crippen LogP contribution in [-0.4, -0.2) is 31.7 Å². The van der Waals surface area contributed by atoms with Crippen LogP contribution in [0.5, 0.6) is 0 Å². The average molecular weight is 268 g/mol. The normalized spacial score (nSPS) is 11.4. The molecule has 0 fully saturated rings. The molecule has 0 amide bonds. The lowest BCUT2D eigenvalue weighted by atomic mass is 10.2. The number of hydrogen-bond donors (Lipinski definition) is 1. The quantitative estimate of drug-likeness (QED) is 0.901. The Kier molecular flexibility index (Phi) is 4.04. The molecule has 2 aromatic heterocycles. The summed E-state index contributed by atoms with van der Waals surface area (Å²) in [5.41, 5.74) is 2.17. The van der Waals surface area contributed by atoms with Gasteiger partial charge in [0.25, 0.3) is 0 Å². The van der Waals surface area contributed by atoms with Crippen LogP contribution in [0.3, 0.4) is 0 Å². The van der Waals surface area contributed by atoms with Gasteiger partial charge in [0.05, 0.1) is 12.2 Å². The van der Waals surface area contributed by atoms with Gasteiger partial charge in [-0.25, -0.2) is 4.98 Å². The number of nitrogens with zero attached hydrogens (tertiary/aromatic N) is 4. The van der Waals surface area contributed by atoms with Crippen molar-refractivity contribution in [1.29, 1.82) is 0 Å². The van der Waals surface area contributed by atoms with Gasteiger partial charge in [-0.1, -0.05) is 18.5 Å². The monoisotopic (exact) mass is 267 g/mol. The van der Waals surface area contributed by atoms with Gasteiger partial charge in [-0.05, 0) is 13.5 Å². The van der Waals surface area contributed by atoms with Gasteiger partial charge in [-0.15, -0.1) is 0 Å². The van der Waals surface area contributed by atoms with E-state index in [1.54, 1.807) is 10.9 Å². The highest BCUT2D eigenvalue weighted by atomic mass is 35.5. The molecule has 0 aliphatic carbocycles. The third-order valence-electron chi connectivity index (χ3n) is 2.89. The fourth-order valence-electron chi connectivity index (χ4n) is 2.01. The molecule has 0 radical (unpaired) electrons. The lowest BCUT2D eigenvalue weighted by molar-refractivity contribution is 0.311. The number of aryl methyl sites for hydroxylation is 2. The first kappa shape index (κ1) is 13.1. The van der Waals surface area contributed by atoms with Crippen LogP contribution in [0.15, 0.2) is 12.4 Å². The van der Waals surface area contributed by atoms with Gasteiger partial charge in [-0.2, -0.15) is 5.10 Å². The van der Waals surface area contributed by atoms with Crippen LogP contribution in [-0.2, 0) is 26.6 Å². The van der Waals surface area contributed by atoms with Crippen LogP contribution in [0.4, 0.5) is 0 Å². The lowest BCUT2D eigenvalue weighted by Crippen LogP contribution is -2.18. The highest BCUT2D eigenvalue weighted by Gasteiger charge is 2.15. The van der Waals surface area contributed by atoms with Gasteiger partial charge in [-0.3, -0.25) is 9.58 Å². The second-order valence-electron chi connectivity index (χ2n) is 4.40. The minimum absolute atomic E-state index is 0.721. The zero-order valence-electron chi connectivity index (χ0n) is 10.9. The van der Waals surface area contributed by atoms with E-state index in [1.165, 1.54) is 0 Å². The lowest BCUT2D eigenvalue weighted by Gasteiger charge is -2.15. The second kappa shape index (κ2) is 5.54. The summed E-state index contributed by atoms with van der Waals surface area (Å²) in [7, 11) is 3.92. The first-order chi connectivity index (χ1) is 8.61. The third-order valence-corrected chi connectivity index (χ3v) is 3.36. The van der Waals surface area contributed by atoms with Crippen LogP contribution < -0.4 is 0 Å². The molecule has 0 aliphatic rings. The molecule has 98 valence electrons. The molecule has 0 bridgehead atoms. The fraction of sp³-hybridized carbons (Fsp3) is 0.500. The van der Waals surface area contributed by atoms with Gasteiger partial charge < -0.3 is 4.98 Å². The van der Waals surface area contributed by atoms with Crippen molar-refractivity contribution in [3.63, 3.8) is 0 Å². The Bertz CT molecular complexity index is 503. The van der Waals surface area contributed by atoms with Crippen LogP contribution in [0.25, 0.3) is 0 Å². The van der Waals surface area contributed by atoms with Gasteiger partial charge in [0, 0.05) is 31.5 Å². The van der Waals surface area contributed by atoms with Crippen LogP contribution >= 0.6 is 11.6 Å². The Morgan fingerprint density at radius 3 is 2.83 bits per heavy atom. The smallest absolute Gasteiger partial charge is 0.131 e. The van der Waals surface area contributed by atoms with Gasteiger partial charge in [0.1, 0.15) is 11.0 Å². The highest BCUT2D eigenvalue weighted by molar-refractivity contribution is 6.30.